The van der Waals surface area contributed by atoms with E-state index in [2.05, 4.69) is 77.8 Å². The van der Waals surface area contributed by atoms with Gasteiger partial charge in [0, 0.05) is 61.5 Å². The number of carbonyl (C=O) groups is 1. The van der Waals surface area contributed by atoms with Crippen LogP contribution in [0.5, 0.6) is 0 Å². The van der Waals surface area contributed by atoms with Crippen molar-refractivity contribution in [1.29, 1.82) is 0 Å². The summed E-state index contributed by atoms with van der Waals surface area (Å²) in [7, 11) is 0. The van der Waals surface area contributed by atoms with Gasteiger partial charge in [0.25, 0.3) is 0 Å². The molecule has 1 amide bonds. The van der Waals surface area contributed by atoms with Gasteiger partial charge in [-0.15, -0.1) is 0 Å². The third-order valence-electron chi connectivity index (χ3n) is 9.21. The lowest BCUT2D eigenvalue weighted by Crippen LogP contribution is -2.67. The second-order valence-corrected chi connectivity index (χ2v) is 12.5. The summed E-state index contributed by atoms with van der Waals surface area (Å²) in [5, 5.41) is 4.41. The minimum absolute atomic E-state index is 0.186. The zero-order valence-corrected chi connectivity index (χ0v) is 24.1. The molecule has 210 valence electrons. The molecule has 3 saturated heterocycles. The molecule has 4 aromatic heterocycles. The Morgan fingerprint density at radius 2 is 1.98 bits per heavy atom. The van der Waals surface area contributed by atoms with Gasteiger partial charge in [-0.2, -0.15) is 5.10 Å². The van der Waals surface area contributed by atoms with Crippen molar-refractivity contribution in [3.8, 4) is 11.3 Å². The number of carbonyl (C=O) groups excluding carboxylic acids is 1. The van der Waals surface area contributed by atoms with E-state index in [1.54, 1.807) is 6.33 Å². The molecule has 1 spiro atoms. The first kappa shape index (κ1) is 25.5. The summed E-state index contributed by atoms with van der Waals surface area (Å²) in [6.07, 6.45) is 3.67. The Morgan fingerprint density at radius 3 is 2.67 bits per heavy atom. The number of hydrogen-bond acceptors (Lipinski definition) is 7. The number of aromatic amines is 1. The molecule has 10 heteroatoms. The molecule has 3 aliphatic rings. The third kappa shape index (κ3) is 3.99. The zero-order chi connectivity index (χ0) is 27.8. The maximum atomic E-state index is 13.1. The fourth-order valence-corrected chi connectivity index (χ4v) is 6.87. The summed E-state index contributed by atoms with van der Waals surface area (Å²) in [5.41, 5.74) is 9.02. The van der Waals surface area contributed by atoms with Gasteiger partial charge >= 0.3 is 0 Å². The largest absolute Gasteiger partial charge is 0.380 e. The molecule has 0 radical (unpaired) electrons. The van der Waals surface area contributed by atoms with Crippen molar-refractivity contribution >= 4 is 28.4 Å². The number of pyridine rings is 2. The number of nitrogens with one attached hydrogen (secondary N) is 1. The molecule has 1 atom stereocenters. The van der Waals surface area contributed by atoms with E-state index in [-0.39, 0.29) is 17.9 Å². The molecule has 7 heterocycles. The van der Waals surface area contributed by atoms with Crippen molar-refractivity contribution in [2.24, 2.45) is 5.41 Å². The van der Waals surface area contributed by atoms with E-state index >= 15 is 0 Å². The lowest BCUT2D eigenvalue weighted by molar-refractivity contribution is -0.191. The van der Waals surface area contributed by atoms with Crippen LogP contribution in [0, 0.1) is 19.3 Å². The molecule has 3 fully saturated rings. The predicted octanol–water partition coefficient (Wildman–Crippen LogP) is 3.38. The molecular weight excluding hydrogens is 504 g/mol. The molecule has 10 nitrogen and oxygen atoms in total. The first-order valence-corrected chi connectivity index (χ1v) is 14.4. The summed E-state index contributed by atoms with van der Waals surface area (Å²) < 4.78 is 7.23. The highest BCUT2D eigenvalue weighted by Crippen LogP contribution is 2.39. The minimum atomic E-state index is 0.186. The molecule has 0 aromatic carbocycles. The standard InChI is InChI=1S/C30H38N8O2/c1-18(2)26-27(22-11-38-29(31-17-32-38)21(5)20(22)4)33-23-6-7-24(34-28(23)26)37-9-8-36(10-19(37)3)25(39)12-35-13-30(14-35)15-40-16-30/h6-7,11,17-19,33H,8-10,12-16H2,1-5H3/t19-/m0/s1. The van der Waals surface area contributed by atoms with Gasteiger partial charge in [-0.1, -0.05) is 13.8 Å². The number of nitrogens with zero attached hydrogens (tertiary/aromatic N) is 7. The summed E-state index contributed by atoms with van der Waals surface area (Å²) in [6.45, 7) is 17.3. The first-order valence-electron chi connectivity index (χ1n) is 14.4. The zero-order valence-electron chi connectivity index (χ0n) is 24.1. The van der Waals surface area contributed by atoms with E-state index in [4.69, 9.17) is 9.72 Å². The Hall–Kier alpha value is -3.50. The van der Waals surface area contributed by atoms with Gasteiger partial charge in [0.1, 0.15) is 12.1 Å². The number of piperazine rings is 1. The molecule has 40 heavy (non-hydrogen) atoms. The molecule has 3 aliphatic heterocycles. The fraction of sp³-hybridized carbons (Fsp3) is 0.533. The number of hydrogen-bond donors (Lipinski definition) is 1. The highest BCUT2D eigenvalue weighted by atomic mass is 16.5. The van der Waals surface area contributed by atoms with E-state index in [1.165, 1.54) is 11.1 Å². The molecule has 4 aromatic rings. The average Bonchev–Trinajstić information content (AvgIpc) is 3.51. The van der Waals surface area contributed by atoms with Gasteiger partial charge in [-0.25, -0.2) is 14.5 Å². The smallest absolute Gasteiger partial charge is 0.236 e. The Bertz CT molecular complexity index is 1610. The van der Waals surface area contributed by atoms with E-state index in [1.807, 2.05) is 9.42 Å². The normalized spacial score (nSPS) is 21.0. The Kier molecular flexibility index (Phi) is 5.90. The fourth-order valence-electron chi connectivity index (χ4n) is 6.87. The van der Waals surface area contributed by atoms with Gasteiger partial charge in [-0.3, -0.25) is 9.69 Å². The van der Waals surface area contributed by atoms with Crippen molar-refractivity contribution in [3.05, 3.63) is 41.3 Å². The highest BCUT2D eigenvalue weighted by Gasteiger charge is 2.49. The number of amides is 1. The number of aryl methyl sites for hydroxylation is 1. The maximum Gasteiger partial charge on any atom is 0.236 e. The second kappa shape index (κ2) is 9.27. The number of ether oxygens (including phenoxy) is 1. The lowest BCUT2D eigenvalue weighted by Gasteiger charge is -2.55. The van der Waals surface area contributed by atoms with Crippen LogP contribution in [0.1, 0.15) is 43.4 Å². The highest BCUT2D eigenvalue weighted by molar-refractivity contribution is 5.90. The van der Waals surface area contributed by atoms with Gasteiger partial charge in [0.2, 0.25) is 5.91 Å². The first-order chi connectivity index (χ1) is 19.2. The van der Waals surface area contributed by atoms with Crippen LogP contribution in [0.3, 0.4) is 0 Å². The Balaban J connectivity index is 1.13. The topological polar surface area (TPSA) is 94.9 Å². The SMILES string of the molecule is Cc1c(-c2[nH]c3ccc(N4CCN(C(=O)CN5CC6(COC6)C5)C[C@@H]4C)nc3c2C(C)C)cn2ncnc2c1C. The molecule has 0 unspecified atom stereocenters. The van der Waals surface area contributed by atoms with Gasteiger partial charge in [0.05, 0.1) is 36.5 Å². The molecule has 7 rings (SSSR count). The quantitative estimate of drug-likeness (QED) is 0.413. The molecule has 0 aliphatic carbocycles. The second-order valence-electron chi connectivity index (χ2n) is 12.5. The molecular formula is C30H38N8O2. The number of H-pyrrole nitrogens is 1. The number of rotatable bonds is 5. The number of anilines is 1. The Morgan fingerprint density at radius 1 is 1.18 bits per heavy atom. The predicted molar refractivity (Wildman–Crippen MR) is 155 cm³/mol. The third-order valence-corrected chi connectivity index (χ3v) is 9.21. The summed E-state index contributed by atoms with van der Waals surface area (Å²) in [5.74, 6) is 1.47. The van der Waals surface area contributed by atoms with Crippen LogP contribution in [0.25, 0.3) is 27.9 Å². The molecule has 1 N–H and O–H groups in total. The summed E-state index contributed by atoms with van der Waals surface area (Å²) >= 11 is 0. The summed E-state index contributed by atoms with van der Waals surface area (Å²) in [4.78, 5) is 33.0. The van der Waals surface area contributed by atoms with Crippen LogP contribution in [0.4, 0.5) is 5.82 Å². The van der Waals surface area contributed by atoms with Gasteiger partial charge < -0.3 is 19.5 Å². The van der Waals surface area contributed by atoms with Gasteiger partial charge in [0.15, 0.2) is 5.65 Å². The van der Waals surface area contributed by atoms with Crippen LogP contribution >= 0.6 is 0 Å². The molecule has 0 bridgehead atoms. The maximum absolute atomic E-state index is 13.1. The number of fused-ring (bicyclic) bond motifs is 2. The van der Waals surface area contributed by atoms with Crippen molar-refractivity contribution in [1.82, 2.24) is 34.4 Å². The van der Waals surface area contributed by atoms with Crippen LogP contribution in [-0.4, -0.2) is 98.8 Å². The van der Waals surface area contributed by atoms with Crippen LogP contribution < -0.4 is 4.90 Å². The summed E-state index contributed by atoms with van der Waals surface area (Å²) in [6, 6.07) is 4.45. The monoisotopic (exact) mass is 542 g/mol. The molecule has 0 saturated carbocycles. The van der Waals surface area contributed by atoms with Crippen LogP contribution in [0.15, 0.2) is 24.7 Å². The Labute approximate surface area is 234 Å². The van der Waals surface area contributed by atoms with E-state index in [0.717, 1.165) is 78.7 Å². The minimum Gasteiger partial charge on any atom is -0.380 e. The van der Waals surface area contributed by atoms with Crippen molar-refractivity contribution in [2.45, 2.75) is 46.6 Å². The van der Waals surface area contributed by atoms with Crippen molar-refractivity contribution < 1.29 is 9.53 Å². The van der Waals surface area contributed by atoms with Gasteiger partial charge in [-0.05, 0) is 49.9 Å². The van der Waals surface area contributed by atoms with E-state index < -0.39 is 0 Å². The lowest BCUT2D eigenvalue weighted by atomic mass is 9.78. The number of aromatic nitrogens is 5. The number of likely N-dealkylation sites (tertiary alicyclic amines) is 1. The van der Waals surface area contributed by atoms with Crippen LogP contribution in [0.2, 0.25) is 0 Å². The van der Waals surface area contributed by atoms with Crippen LogP contribution in [-0.2, 0) is 9.53 Å². The average molecular weight is 543 g/mol. The van der Waals surface area contributed by atoms with Crippen molar-refractivity contribution in [3.63, 3.8) is 0 Å². The van der Waals surface area contributed by atoms with E-state index in [0.29, 0.717) is 18.5 Å². The van der Waals surface area contributed by atoms with E-state index in [9.17, 15) is 4.79 Å². The van der Waals surface area contributed by atoms with Crippen molar-refractivity contribution in [2.75, 3.05) is 57.4 Å².